The minimum absolute atomic E-state index is 0.0812. The summed E-state index contributed by atoms with van der Waals surface area (Å²) >= 11 is 0. The van der Waals surface area contributed by atoms with Crippen molar-refractivity contribution in [2.45, 2.75) is 19.8 Å². The summed E-state index contributed by atoms with van der Waals surface area (Å²) in [5, 5.41) is 6.18. The lowest BCUT2D eigenvalue weighted by Gasteiger charge is -2.37. The van der Waals surface area contributed by atoms with Gasteiger partial charge in [-0.15, -0.1) is 0 Å². The second-order valence-electron chi connectivity index (χ2n) is 6.25. The Morgan fingerprint density at radius 2 is 1.96 bits per heavy atom. The molecular formula is C19H31N5O2. The average Bonchev–Trinajstić information content (AvgIpc) is 2.70. The van der Waals surface area contributed by atoms with Crippen LogP contribution in [0.2, 0.25) is 0 Å². The van der Waals surface area contributed by atoms with Crippen molar-refractivity contribution in [3.8, 4) is 5.75 Å². The monoisotopic (exact) mass is 361 g/mol. The number of methoxy groups -OCH3 is 1. The number of ether oxygens (including phenoxy) is 1. The van der Waals surface area contributed by atoms with Crippen molar-refractivity contribution in [1.82, 2.24) is 15.5 Å². The van der Waals surface area contributed by atoms with E-state index in [1.54, 1.807) is 14.2 Å². The van der Waals surface area contributed by atoms with E-state index in [4.69, 9.17) is 4.74 Å². The largest absolute Gasteiger partial charge is 0.497 e. The zero-order chi connectivity index (χ0) is 18.8. The number of guanidine groups is 1. The fourth-order valence-electron chi connectivity index (χ4n) is 2.96. The number of anilines is 1. The smallest absolute Gasteiger partial charge is 0.221 e. The molecule has 0 aliphatic carbocycles. The summed E-state index contributed by atoms with van der Waals surface area (Å²) in [5.74, 6) is 1.82. The minimum Gasteiger partial charge on any atom is -0.497 e. The van der Waals surface area contributed by atoms with E-state index in [1.165, 1.54) is 5.69 Å². The number of carbonyl (C=O) groups is 1. The number of hydrogen-bond donors (Lipinski definition) is 2. The molecule has 2 rings (SSSR count). The summed E-state index contributed by atoms with van der Waals surface area (Å²) in [6.07, 6.45) is 1.42. The molecule has 1 amide bonds. The highest BCUT2D eigenvalue weighted by Crippen LogP contribution is 2.22. The standard InChI is InChI=1S/C19H31N5O2/c1-4-9-21-18(25)8-10-22-19(20-2)24-13-11-23(12-14-24)16-6-5-7-17(15-16)26-3/h5-7,15H,4,8-14H2,1-3H3,(H,20,22)(H,21,25). The van der Waals surface area contributed by atoms with Crippen molar-refractivity contribution in [1.29, 1.82) is 0 Å². The van der Waals surface area contributed by atoms with Crippen molar-refractivity contribution in [3.63, 3.8) is 0 Å². The third kappa shape index (κ3) is 5.82. The van der Waals surface area contributed by atoms with E-state index in [9.17, 15) is 4.79 Å². The van der Waals surface area contributed by atoms with Crippen LogP contribution in [-0.4, -0.2) is 70.2 Å². The summed E-state index contributed by atoms with van der Waals surface area (Å²) < 4.78 is 5.31. The zero-order valence-corrected chi connectivity index (χ0v) is 16.1. The third-order valence-electron chi connectivity index (χ3n) is 4.42. The molecule has 0 atom stereocenters. The van der Waals surface area contributed by atoms with Gasteiger partial charge in [0.15, 0.2) is 5.96 Å². The van der Waals surface area contributed by atoms with Gasteiger partial charge in [0.1, 0.15) is 5.75 Å². The van der Waals surface area contributed by atoms with E-state index in [0.29, 0.717) is 13.0 Å². The topological polar surface area (TPSA) is 69.2 Å². The lowest BCUT2D eigenvalue weighted by Crippen LogP contribution is -2.52. The second kappa shape index (κ2) is 10.5. The molecule has 0 bridgehead atoms. The summed E-state index contributed by atoms with van der Waals surface area (Å²) in [6.45, 7) is 7.00. The summed E-state index contributed by atoms with van der Waals surface area (Å²) in [7, 11) is 3.48. The van der Waals surface area contributed by atoms with E-state index in [0.717, 1.165) is 50.9 Å². The maximum absolute atomic E-state index is 11.7. The normalized spacial score (nSPS) is 15.0. The molecule has 1 saturated heterocycles. The molecule has 7 heteroatoms. The molecule has 0 aromatic heterocycles. The molecule has 1 heterocycles. The van der Waals surface area contributed by atoms with Crippen LogP contribution in [0.5, 0.6) is 5.75 Å². The van der Waals surface area contributed by atoms with Crippen LogP contribution in [0.15, 0.2) is 29.3 Å². The number of nitrogens with zero attached hydrogens (tertiary/aromatic N) is 3. The predicted molar refractivity (Wildman–Crippen MR) is 106 cm³/mol. The Labute approximate surface area is 156 Å². The lowest BCUT2D eigenvalue weighted by atomic mass is 10.2. The second-order valence-corrected chi connectivity index (χ2v) is 6.25. The van der Waals surface area contributed by atoms with Gasteiger partial charge in [0.05, 0.1) is 7.11 Å². The summed E-state index contributed by atoms with van der Waals surface area (Å²) in [6, 6.07) is 8.16. The molecule has 1 aliphatic rings. The number of aliphatic imine (C=N–C) groups is 1. The van der Waals surface area contributed by atoms with Crippen LogP contribution in [0.3, 0.4) is 0 Å². The number of nitrogens with one attached hydrogen (secondary N) is 2. The number of benzene rings is 1. The van der Waals surface area contributed by atoms with Gasteiger partial charge < -0.3 is 25.2 Å². The van der Waals surface area contributed by atoms with Gasteiger partial charge in [0.25, 0.3) is 0 Å². The van der Waals surface area contributed by atoms with Crippen LogP contribution in [0.25, 0.3) is 0 Å². The quantitative estimate of drug-likeness (QED) is 0.566. The Balaban J connectivity index is 1.78. The molecule has 1 fully saturated rings. The van der Waals surface area contributed by atoms with Gasteiger partial charge >= 0.3 is 0 Å². The van der Waals surface area contributed by atoms with E-state index in [1.807, 2.05) is 19.1 Å². The van der Waals surface area contributed by atoms with Gasteiger partial charge in [-0.2, -0.15) is 0 Å². The van der Waals surface area contributed by atoms with Crippen LogP contribution >= 0.6 is 0 Å². The van der Waals surface area contributed by atoms with Crippen molar-refractivity contribution in [3.05, 3.63) is 24.3 Å². The van der Waals surface area contributed by atoms with Crippen molar-refractivity contribution in [2.24, 2.45) is 4.99 Å². The average molecular weight is 361 g/mol. The fraction of sp³-hybridized carbons (Fsp3) is 0.579. The lowest BCUT2D eigenvalue weighted by molar-refractivity contribution is -0.120. The van der Waals surface area contributed by atoms with Crippen LogP contribution in [-0.2, 0) is 4.79 Å². The molecule has 0 spiro atoms. The molecule has 1 aliphatic heterocycles. The minimum atomic E-state index is 0.0812. The molecular weight excluding hydrogens is 330 g/mol. The van der Waals surface area contributed by atoms with E-state index < -0.39 is 0 Å². The van der Waals surface area contributed by atoms with E-state index in [-0.39, 0.29) is 5.91 Å². The Kier molecular flexibility index (Phi) is 8.05. The Bertz CT molecular complexity index is 597. The van der Waals surface area contributed by atoms with Gasteiger partial charge in [-0.25, -0.2) is 0 Å². The molecule has 0 radical (unpaired) electrons. The first kappa shape index (κ1) is 19.9. The molecule has 26 heavy (non-hydrogen) atoms. The zero-order valence-electron chi connectivity index (χ0n) is 16.1. The van der Waals surface area contributed by atoms with Crippen LogP contribution in [0.4, 0.5) is 5.69 Å². The van der Waals surface area contributed by atoms with Crippen molar-refractivity contribution >= 4 is 17.6 Å². The van der Waals surface area contributed by atoms with Crippen molar-refractivity contribution in [2.75, 3.05) is 58.3 Å². The first-order chi connectivity index (χ1) is 12.7. The molecule has 1 aromatic rings. The van der Waals surface area contributed by atoms with Crippen molar-refractivity contribution < 1.29 is 9.53 Å². The van der Waals surface area contributed by atoms with Crippen LogP contribution in [0.1, 0.15) is 19.8 Å². The highest BCUT2D eigenvalue weighted by atomic mass is 16.5. The Hall–Kier alpha value is -2.44. The Morgan fingerprint density at radius 1 is 1.19 bits per heavy atom. The summed E-state index contributed by atoms with van der Waals surface area (Å²) in [4.78, 5) is 20.6. The Morgan fingerprint density at radius 3 is 2.62 bits per heavy atom. The van der Waals surface area contributed by atoms with Crippen LogP contribution in [0, 0.1) is 0 Å². The number of amides is 1. The molecule has 1 aromatic carbocycles. The highest BCUT2D eigenvalue weighted by molar-refractivity contribution is 5.81. The number of piperazine rings is 1. The first-order valence-electron chi connectivity index (χ1n) is 9.29. The number of hydrogen-bond acceptors (Lipinski definition) is 4. The van der Waals surface area contributed by atoms with Gasteiger partial charge in [-0.3, -0.25) is 9.79 Å². The third-order valence-corrected chi connectivity index (χ3v) is 4.42. The molecule has 144 valence electrons. The van der Waals surface area contributed by atoms with E-state index >= 15 is 0 Å². The molecule has 7 nitrogen and oxygen atoms in total. The first-order valence-corrected chi connectivity index (χ1v) is 9.29. The summed E-state index contributed by atoms with van der Waals surface area (Å²) in [5.41, 5.74) is 1.18. The predicted octanol–water partition coefficient (Wildman–Crippen LogP) is 1.31. The maximum atomic E-state index is 11.7. The van der Waals surface area contributed by atoms with E-state index in [2.05, 4.69) is 37.6 Å². The SMILES string of the molecule is CCCNC(=O)CCNC(=NC)N1CCN(c2cccc(OC)c2)CC1. The maximum Gasteiger partial charge on any atom is 0.221 e. The van der Waals surface area contributed by atoms with Gasteiger partial charge in [-0.05, 0) is 18.6 Å². The fourth-order valence-corrected chi connectivity index (χ4v) is 2.96. The molecule has 0 unspecified atom stereocenters. The van der Waals surface area contributed by atoms with Gasteiger partial charge in [-0.1, -0.05) is 13.0 Å². The van der Waals surface area contributed by atoms with Crippen LogP contribution < -0.4 is 20.3 Å². The van der Waals surface area contributed by atoms with Gasteiger partial charge in [0, 0.05) is 64.5 Å². The molecule has 2 N–H and O–H groups in total. The number of rotatable bonds is 7. The number of carbonyl (C=O) groups excluding carboxylic acids is 1. The van der Waals surface area contributed by atoms with Gasteiger partial charge in [0.2, 0.25) is 5.91 Å². The molecule has 0 saturated carbocycles. The highest BCUT2D eigenvalue weighted by Gasteiger charge is 2.20.